The van der Waals surface area contributed by atoms with Crippen LogP contribution in [0.4, 0.5) is 9.59 Å². The maximum Gasteiger partial charge on any atom is 0.410 e. The number of nitrogens with zero attached hydrogens (tertiary/aromatic N) is 10. The summed E-state index contributed by atoms with van der Waals surface area (Å²) in [6.45, 7) is 30.0. The Labute approximate surface area is 550 Å². The van der Waals surface area contributed by atoms with Crippen LogP contribution in [0.1, 0.15) is 172 Å². The smallest absolute Gasteiger partial charge is 0.410 e. The molecule has 22 nitrogen and oxygen atoms in total. The van der Waals surface area contributed by atoms with E-state index in [9.17, 15) is 19.2 Å². The summed E-state index contributed by atoms with van der Waals surface area (Å²) >= 11 is 0. The average molecular weight is 1290 g/mol. The van der Waals surface area contributed by atoms with Gasteiger partial charge in [0.2, 0.25) is 0 Å². The molecule has 1 N–H and O–H groups in total. The summed E-state index contributed by atoms with van der Waals surface area (Å²) in [6, 6.07) is 20.7. The molecular formula is C71H105N11O11. The molecule has 5 fully saturated rings. The Balaban J connectivity index is 0.000000170. The summed E-state index contributed by atoms with van der Waals surface area (Å²) in [6.07, 6.45) is 7.12. The highest BCUT2D eigenvalue weighted by Gasteiger charge is 2.44. The number of aromatic nitrogens is 6. The van der Waals surface area contributed by atoms with Crippen molar-refractivity contribution in [3.63, 3.8) is 0 Å². The monoisotopic (exact) mass is 1290 g/mol. The van der Waals surface area contributed by atoms with Crippen molar-refractivity contribution in [2.45, 2.75) is 220 Å². The normalized spacial score (nSPS) is 18.7. The third-order valence-corrected chi connectivity index (χ3v) is 17.8. The number of hydrogen-bond acceptors (Lipinski definition) is 15. The quantitative estimate of drug-likeness (QED) is 0.0591. The van der Waals surface area contributed by atoms with E-state index in [-0.39, 0.29) is 49.1 Å². The van der Waals surface area contributed by atoms with Gasteiger partial charge in [-0.05, 0) is 176 Å². The van der Waals surface area contributed by atoms with E-state index in [4.69, 9.17) is 43.4 Å². The number of nitrogens with one attached hydrogen (secondary N) is 1. The van der Waals surface area contributed by atoms with Gasteiger partial charge in [0.1, 0.15) is 11.2 Å². The summed E-state index contributed by atoms with van der Waals surface area (Å²) < 4.78 is 44.5. The Bertz CT molecular complexity index is 3330. The molecule has 5 heterocycles. The topological polar surface area (TPSA) is 211 Å². The number of carbonyl (C=O) groups excluding carboxylic acids is 4. The molecule has 93 heavy (non-hydrogen) atoms. The molecule has 3 saturated carbocycles. The second kappa shape index (κ2) is 31.2. The maximum absolute atomic E-state index is 13.7. The minimum atomic E-state index is -0.695. The lowest BCUT2D eigenvalue weighted by atomic mass is 10.0. The van der Waals surface area contributed by atoms with E-state index < -0.39 is 35.6 Å². The molecule has 22 heteroatoms. The molecule has 11 rings (SSSR count). The van der Waals surface area contributed by atoms with Gasteiger partial charge in [-0.2, -0.15) is 15.3 Å². The van der Waals surface area contributed by atoms with Gasteiger partial charge in [-0.25, -0.2) is 9.59 Å². The Kier molecular flexibility index (Phi) is 23.7. The van der Waals surface area contributed by atoms with Crippen LogP contribution in [-0.4, -0.2) is 195 Å². The van der Waals surface area contributed by atoms with Crippen molar-refractivity contribution in [1.29, 1.82) is 0 Å². The van der Waals surface area contributed by atoms with E-state index in [1.54, 1.807) is 31.1 Å². The van der Waals surface area contributed by atoms with E-state index in [0.29, 0.717) is 45.6 Å². The van der Waals surface area contributed by atoms with Crippen LogP contribution in [0.15, 0.2) is 54.6 Å². The fourth-order valence-corrected chi connectivity index (χ4v) is 12.5. The van der Waals surface area contributed by atoms with E-state index in [1.807, 2.05) is 74.6 Å². The summed E-state index contributed by atoms with van der Waals surface area (Å²) in [5.41, 5.74) is 8.79. The first kappa shape index (κ1) is 70.6. The van der Waals surface area contributed by atoms with Crippen molar-refractivity contribution in [2.24, 2.45) is 0 Å². The average Bonchev–Trinajstić information content (AvgIpc) is 1.72. The molecule has 510 valence electrons. The van der Waals surface area contributed by atoms with Crippen LogP contribution in [-0.2, 0) is 62.4 Å². The van der Waals surface area contributed by atoms with Gasteiger partial charge in [-0.3, -0.25) is 23.6 Å². The molecule has 3 aliphatic carbocycles. The van der Waals surface area contributed by atoms with Gasteiger partial charge in [0.05, 0.1) is 72.0 Å². The Hall–Kier alpha value is -6.69. The zero-order chi connectivity index (χ0) is 66.9. The number of ether oxygens (including phenoxy) is 7. The predicted octanol–water partition coefficient (Wildman–Crippen LogP) is 11.3. The zero-order valence-corrected chi connectivity index (χ0v) is 58.1. The van der Waals surface area contributed by atoms with Crippen LogP contribution < -0.4 is 5.32 Å². The van der Waals surface area contributed by atoms with E-state index in [2.05, 4.69) is 97.4 Å². The highest BCUT2D eigenvalue weighted by Crippen LogP contribution is 2.39. The minimum absolute atomic E-state index is 0.0665. The zero-order valence-electron chi connectivity index (χ0n) is 58.1. The summed E-state index contributed by atoms with van der Waals surface area (Å²) in [5, 5.41) is 21.3. The fraction of sp³-hybridized carbons (Fsp3) is 0.648. The lowest BCUT2D eigenvalue weighted by molar-refractivity contribution is -0.152. The summed E-state index contributed by atoms with van der Waals surface area (Å²) in [4.78, 5) is 59.8. The number of rotatable bonds is 23. The first-order chi connectivity index (χ1) is 44.4. The lowest BCUT2D eigenvalue weighted by Crippen LogP contribution is -2.54. The molecule has 0 bridgehead atoms. The van der Waals surface area contributed by atoms with Crippen molar-refractivity contribution in [3.8, 4) is 0 Å². The highest BCUT2D eigenvalue weighted by molar-refractivity contribution is 5.87. The SMILES string of the molecule is COCCCn1nc(C)c2ccc(C(C)NC3CC3)cc21.COCCCn1nc(C)c2ccc([C@@H](C)N(C(=O)[C@H]3CN(C(=O)OC(C)(C)C)CCO3)C3CC3)cc21.COCCCn1nc(C)c2ccc([C@H](C)N(C(=O)[C@H]3CN(C(=O)OC(C)(C)C)CCO3)C3CC3)cc21. The van der Waals surface area contributed by atoms with Gasteiger partial charge >= 0.3 is 12.2 Å². The summed E-state index contributed by atoms with van der Waals surface area (Å²) in [7, 11) is 5.16. The molecule has 5 aliphatic rings. The Morgan fingerprint density at radius 2 is 0.882 bits per heavy atom. The van der Waals surface area contributed by atoms with Gasteiger partial charge in [0.15, 0.2) is 12.2 Å². The molecule has 3 aromatic heterocycles. The first-order valence-electron chi connectivity index (χ1n) is 33.8. The predicted molar refractivity (Wildman–Crippen MR) is 359 cm³/mol. The van der Waals surface area contributed by atoms with E-state index in [0.717, 1.165) is 127 Å². The number of morpholine rings is 2. The van der Waals surface area contributed by atoms with Crippen LogP contribution in [0.25, 0.3) is 32.7 Å². The molecule has 1 unspecified atom stereocenters. The van der Waals surface area contributed by atoms with Crippen LogP contribution in [0.2, 0.25) is 0 Å². The molecule has 5 atom stereocenters. The largest absolute Gasteiger partial charge is 0.444 e. The van der Waals surface area contributed by atoms with Crippen molar-refractivity contribution in [3.05, 3.63) is 88.4 Å². The Morgan fingerprint density at radius 1 is 0.538 bits per heavy atom. The summed E-state index contributed by atoms with van der Waals surface area (Å²) in [5.74, 6) is -0.133. The molecule has 6 aromatic rings. The molecular weight excluding hydrogens is 1180 g/mol. The van der Waals surface area contributed by atoms with Gasteiger partial charge in [0.25, 0.3) is 11.8 Å². The van der Waals surface area contributed by atoms with Crippen LogP contribution in [0.5, 0.6) is 0 Å². The number of carbonyl (C=O) groups is 4. The number of methoxy groups -OCH3 is 3. The van der Waals surface area contributed by atoms with Crippen LogP contribution in [0.3, 0.4) is 0 Å². The van der Waals surface area contributed by atoms with Crippen molar-refractivity contribution in [2.75, 3.05) is 80.5 Å². The van der Waals surface area contributed by atoms with E-state index in [1.165, 1.54) is 29.3 Å². The number of aryl methyl sites for hydroxylation is 6. The number of benzene rings is 3. The van der Waals surface area contributed by atoms with E-state index >= 15 is 0 Å². The molecule has 2 saturated heterocycles. The van der Waals surface area contributed by atoms with Crippen molar-refractivity contribution in [1.82, 2.24) is 54.3 Å². The third-order valence-electron chi connectivity index (χ3n) is 17.8. The van der Waals surface area contributed by atoms with Gasteiger partial charge < -0.3 is 58.1 Å². The molecule has 0 radical (unpaired) electrons. The van der Waals surface area contributed by atoms with Gasteiger partial charge in [-0.15, -0.1) is 0 Å². The molecule has 0 spiro atoms. The fourth-order valence-electron chi connectivity index (χ4n) is 12.5. The number of amides is 4. The third kappa shape index (κ3) is 18.6. The maximum atomic E-state index is 13.7. The molecule has 4 amide bonds. The van der Waals surface area contributed by atoms with Crippen LogP contribution >= 0.6 is 0 Å². The second-order valence-electron chi connectivity index (χ2n) is 27.8. The minimum Gasteiger partial charge on any atom is -0.444 e. The number of hydrogen-bond donors (Lipinski definition) is 1. The highest BCUT2D eigenvalue weighted by atomic mass is 16.6. The van der Waals surface area contributed by atoms with Crippen molar-refractivity contribution < 1.29 is 52.3 Å². The molecule has 3 aromatic carbocycles. The van der Waals surface area contributed by atoms with Crippen LogP contribution in [0, 0.1) is 20.8 Å². The standard InChI is InChI=1S/2C27H40N4O5.C17H25N3O/c2*1-18-22-11-8-20(16-23(22)30(28-18)12-7-14-34-6)19(2)31(21-9-10-21)25(32)24-17-29(13-15-35-24)26(33)36-27(3,4)5;1-12(18-15-6-7-15)14-5-8-16-13(2)19-20(17(16)11-14)9-4-10-21-3/h2*8,11,16,19,21,24H,7,9-10,12-15,17H2,1-6H3;5,8,11-12,15,18H,4,6-7,9-10H2,1-3H3/t19-,24+;19-,24-;/m01./s1. The lowest BCUT2D eigenvalue weighted by Gasteiger charge is -2.37. The molecule has 2 aliphatic heterocycles. The van der Waals surface area contributed by atoms with Gasteiger partial charge in [-0.1, -0.05) is 36.4 Å². The van der Waals surface area contributed by atoms with Crippen molar-refractivity contribution >= 4 is 56.7 Å². The second-order valence-corrected chi connectivity index (χ2v) is 27.8. The first-order valence-corrected chi connectivity index (χ1v) is 33.8. The number of fused-ring (bicyclic) bond motifs is 3. The Morgan fingerprint density at radius 3 is 1.20 bits per heavy atom. The van der Waals surface area contributed by atoms with Gasteiger partial charge in [0, 0.05) is 114 Å².